The van der Waals surface area contributed by atoms with E-state index in [1.165, 1.54) is 4.31 Å². The van der Waals surface area contributed by atoms with E-state index in [-0.39, 0.29) is 16.0 Å². The minimum Gasteiger partial charge on any atom is -0.459 e. The molecule has 0 unspecified atom stereocenters. The van der Waals surface area contributed by atoms with E-state index in [0.29, 0.717) is 18.2 Å². The fourth-order valence-electron chi connectivity index (χ4n) is 3.61. The number of halogens is 1. The van der Waals surface area contributed by atoms with Gasteiger partial charge in [-0.25, -0.2) is 8.42 Å². The molecular weight excluding hydrogens is 510 g/mol. The molecule has 1 aliphatic rings. The average Bonchev–Trinajstić information content (AvgIpc) is 2.98. The topological polar surface area (TPSA) is 72.9 Å². The van der Waals surface area contributed by atoms with Crippen LogP contribution in [0.2, 0.25) is 18.1 Å². The zero-order valence-electron chi connectivity index (χ0n) is 20.5. The van der Waals surface area contributed by atoms with Gasteiger partial charge in [0.2, 0.25) is 10.0 Å². The third-order valence-corrected chi connectivity index (χ3v) is 13.1. The summed E-state index contributed by atoms with van der Waals surface area (Å²) in [5.41, 5.74) is -0.742. The molecule has 1 aliphatic heterocycles. The number of carbonyl (C=O) groups is 1. The maximum atomic E-state index is 13.8. The molecule has 0 N–H and O–H groups in total. The van der Waals surface area contributed by atoms with Crippen molar-refractivity contribution in [1.29, 1.82) is 0 Å². The smallest absolute Gasteiger partial charge is 0.327 e. The third kappa shape index (κ3) is 6.23. The minimum atomic E-state index is -3.94. The number of benzene rings is 1. The molecule has 0 aromatic heterocycles. The zero-order valence-corrected chi connectivity index (χ0v) is 23.9. The average molecular weight is 549 g/mol. The highest BCUT2D eigenvalue weighted by Gasteiger charge is 2.55. The molecule has 2 rings (SSSR count). The van der Waals surface area contributed by atoms with Crippen molar-refractivity contribution in [3.05, 3.63) is 30.3 Å². The van der Waals surface area contributed by atoms with E-state index >= 15 is 0 Å². The number of rotatable bonds is 7. The van der Waals surface area contributed by atoms with Crippen molar-refractivity contribution in [2.24, 2.45) is 0 Å². The molecule has 0 amide bonds. The number of carbonyl (C=O) groups excluding carboxylic acids is 1. The zero-order chi connectivity index (χ0) is 24.5. The second-order valence-electron chi connectivity index (χ2n) is 10.9. The van der Waals surface area contributed by atoms with Crippen LogP contribution < -0.4 is 0 Å². The van der Waals surface area contributed by atoms with Crippen molar-refractivity contribution in [3.8, 4) is 0 Å². The van der Waals surface area contributed by atoms with Crippen LogP contribution in [-0.4, -0.2) is 56.1 Å². The molecule has 1 fully saturated rings. The summed E-state index contributed by atoms with van der Waals surface area (Å²) in [7, 11) is -6.21. The van der Waals surface area contributed by atoms with Crippen molar-refractivity contribution in [2.45, 2.75) is 101 Å². The molecule has 1 aromatic rings. The van der Waals surface area contributed by atoms with Gasteiger partial charge in [0.25, 0.3) is 0 Å². The van der Waals surface area contributed by atoms with Gasteiger partial charge in [0.1, 0.15) is 11.6 Å². The molecule has 1 heterocycles. The molecule has 6 nitrogen and oxygen atoms in total. The molecule has 1 saturated heterocycles. The maximum Gasteiger partial charge on any atom is 0.327 e. The minimum absolute atomic E-state index is 0.0812. The number of ether oxygens (including phenoxy) is 1. The van der Waals surface area contributed by atoms with Crippen molar-refractivity contribution < 1.29 is 22.4 Å². The largest absolute Gasteiger partial charge is 0.459 e. The number of hydrogen-bond acceptors (Lipinski definition) is 5. The van der Waals surface area contributed by atoms with Crippen molar-refractivity contribution >= 4 is 40.2 Å². The highest BCUT2D eigenvalue weighted by Crippen LogP contribution is 2.42. The summed E-state index contributed by atoms with van der Waals surface area (Å²) < 4.78 is 41.3. The highest BCUT2D eigenvalue weighted by molar-refractivity contribution is 9.09. The summed E-state index contributed by atoms with van der Waals surface area (Å²) in [6.07, 6.45) is 0.463. The van der Waals surface area contributed by atoms with E-state index < -0.39 is 42.1 Å². The molecule has 1 aromatic carbocycles. The highest BCUT2D eigenvalue weighted by atomic mass is 79.9. The van der Waals surface area contributed by atoms with Gasteiger partial charge in [-0.2, -0.15) is 4.31 Å². The van der Waals surface area contributed by atoms with Crippen LogP contribution in [0.1, 0.15) is 54.4 Å². The summed E-state index contributed by atoms with van der Waals surface area (Å²) in [6.45, 7) is 16.0. The van der Waals surface area contributed by atoms with Crippen molar-refractivity contribution in [1.82, 2.24) is 4.31 Å². The predicted octanol–water partition coefficient (Wildman–Crippen LogP) is 5.34. The Hall–Kier alpha value is -0.743. The molecule has 0 spiro atoms. The van der Waals surface area contributed by atoms with Crippen LogP contribution in [0.25, 0.3) is 0 Å². The number of esters is 1. The molecule has 182 valence electrons. The first-order chi connectivity index (χ1) is 14.5. The maximum absolute atomic E-state index is 13.8. The van der Waals surface area contributed by atoms with Gasteiger partial charge in [-0.15, -0.1) is 0 Å². The monoisotopic (exact) mass is 547 g/mol. The summed E-state index contributed by atoms with van der Waals surface area (Å²) in [5, 5.41) is 0.536. The van der Waals surface area contributed by atoms with Gasteiger partial charge in [-0.1, -0.05) is 54.9 Å². The van der Waals surface area contributed by atoms with Gasteiger partial charge in [-0.05, 0) is 63.9 Å². The lowest BCUT2D eigenvalue weighted by Gasteiger charge is -2.40. The SMILES string of the molecule is CC(C)(C)OC(=O)[C@H]1[C@@H](O[Si](C)(C)C(C)(C)C)C[C@@H](CCBr)N1S(=O)(=O)c1ccccc1. The Kier molecular flexibility index (Phi) is 8.47. The second-order valence-corrected chi connectivity index (χ2v) is 18.3. The van der Waals surface area contributed by atoms with Gasteiger partial charge >= 0.3 is 5.97 Å². The van der Waals surface area contributed by atoms with Gasteiger partial charge in [0, 0.05) is 11.4 Å². The molecule has 0 aliphatic carbocycles. The number of hydrogen-bond donors (Lipinski definition) is 0. The lowest BCUT2D eigenvalue weighted by Crippen LogP contribution is -2.53. The molecule has 0 radical (unpaired) electrons. The van der Waals surface area contributed by atoms with Crippen molar-refractivity contribution in [3.63, 3.8) is 0 Å². The lowest BCUT2D eigenvalue weighted by molar-refractivity contribution is -0.161. The number of nitrogens with zero attached hydrogens (tertiary/aromatic N) is 1. The first-order valence-corrected chi connectivity index (χ1v) is 16.5. The van der Waals surface area contributed by atoms with Gasteiger partial charge < -0.3 is 9.16 Å². The summed E-state index contributed by atoms with van der Waals surface area (Å²) in [4.78, 5) is 13.6. The molecule has 32 heavy (non-hydrogen) atoms. The van der Waals surface area contributed by atoms with Gasteiger partial charge in [0.15, 0.2) is 8.32 Å². The van der Waals surface area contributed by atoms with Crippen LogP contribution in [0, 0.1) is 0 Å². The second kappa shape index (κ2) is 9.86. The van der Waals surface area contributed by atoms with Crippen LogP contribution in [0.15, 0.2) is 35.2 Å². The standard InChI is InChI=1S/C23H38BrNO5SSi/c1-22(2,3)29-21(26)20-19(30-32(7,8)23(4,5)6)16-17(14-15-24)25(20)31(27,28)18-12-10-9-11-13-18/h9-13,17,19-20H,14-16H2,1-8H3/t17-,19+,20-/m1/s1. The third-order valence-electron chi connectivity index (χ3n) is 6.15. The molecule has 9 heteroatoms. The fraction of sp³-hybridized carbons (Fsp3) is 0.696. The van der Waals surface area contributed by atoms with Crippen LogP contribution >= 0.6 is 15.9 Å². The molecular formula is C23H38BrNO5SSi. The Balaban J connectivity index is 2.59. The van der Waals surface area contributed by atoms with Crippen LogP contribution in [0.5, 0.6) is 0 Å². The molecule has 3 atom stereocenters. The summed E-state index contributed by atoms with van der Waals surface area (Å²) >= 11 is 3.46. The quantitative estimate of drug-likeness (QED) is 0.262. The predicted molar refractivity (Wildman–Crippen MR) is 134 cm³/mol. The van der Waals surface area contributed by atoms with E-state index in [2.05, 4.69) is 49.8 Å². The first-order valence-electron chi connectivity index (χ1n) is 11.1. The molecule has 0 saturated carbocycles. The van der Waals surface area contributed by atoms with E-state index in [4.69, 9.17) is 9.16 Å². The van der Waals surface area contributed by atoms with Crippen LogP contribution in [0.3, 0.4) is 0 Å². The fourth-order valence-corrected chi connectivity index (χ4v) is 7.32. The Morgan fingerprint density at radius 3 is 2.16 bits per heavy atom. The Morgan fingerprint density at radius 1 is 1.12 bits per heavy atom. The number of alkyl halides is 1. The van der Waals surface area contributed by atoms with E-state index in [1.807, 2.05) is 0 Å². The Morgan fingerprint density at radius 2 is 1.69 bits per heavy atom. The van der Waals surface area contributed by atoms with Crippen molar-refractivity contribution in [2.75, 3.05) is 5.33 Å². The number of sulfonamides is 1. The summed E-state index contributed by atoms with van der Waals surface area (Å²) in [6, 6.07) is 6.88. The summed E-state index contributed by atoms with van der Waals surface area (Å²) in [5.74, 6) is -0.558. The normalized spacial score (nSPS) is 23.3. The Labute approximate surface area is 203 Å². The first kappa shape index (κ1) is 27.5. The Bertz CT molecular complexity index is 893. The van der Waals surface area contributed by atoms with E-state index in [0.717, 1.165) is 0 Å². The van der Waals surface area contributed by atoms with E-state index in [1.54, 1.807) is 51.1 Å². The van der Waals surface area contributed by atoms with Gasteiger partial charge in [0.05, 0.1) is 11.0 Å². The van der Waals surface area contributed by atoms with Crippen LogP contribution in [-0.2, 0) is 24.0 Å². The van der Waals surface area contributed by atoms with E-state index in [9.17, 15) is 13.2 Å². The van der Waals surface area contributed by atoms with Gasteiger partial charge in [-0.3, -0.25) is 4.79 Å². The molecule has 0 bridgehead atoms. The van der Waals surface area contributed by atoms with Crippen LogP contribution in [0.4, 0.5) is 0 Å². The lowest BCUT2D eigenvalue weighted by atomic mass is 10.1.